The van der Waals surface area contributed by atoms with E-state index in [1.54, 1.807) is 4.57 Å². The molecule has 1 aliphatic rings. The van der Waals surface area contributed by atoms with Crippen molar-refractivity contribution in [2.24, 2.45) is 0 Å². The molecule has 1 saturated heterocycles. The summed E-state index contributed by atoms with van der Waals surface area (Å²) in [6.45, 7) is 6.06. The van der Waals surface area contributed by atoms with Crippen LogP contribution in [0.3, 0.4) is 0 Å². The molecule has 0 aliphatic carbocycles. The molecule has 2 heterocycles. The summed E-state index contributed by atoms with van der Waals surface area (Å²) >= 11 is 0. The van der Waals surface area contributed by atoms with Crippen LogP contribution in [0.4, 0.5) is 0 Å². The summed E-state index contributed by atoms with van der Waals surface area (Å²) in [7, 11) is 0. The quantitative estimate of drug-likeness (QED) is 0.793. The summed E-state index contributed by atoms with van der Waals surface area (Å²) < 4.78 is 3.65. The summed E-state index contributed by atoms with van der Waals surface area (Å²) in [6, 6.07) is 0.585. The van der Waals surface area contributed by atoms with Crippen LogP contribution < -0.4 is 11.0 Å². The summed E-state index contributed by atoms with van der Waals surface area (Å²) in [5, 5.41) is 3.33. The van der Waals surface area contributed by atoms with Crippen LogP contribution in [0.15, 0.2) is 17.2 Å². The van der Waals surface area contributed by atoms with Gasteiger partial charge in [-0.15, -0.1) is 0 Å². The van der Waals surface area contributed by atoms with Crippen molar-refractivity contribution in [3.8, 4) is 0 Å². The fourth-order valence-corrected chi connectivity index (χ4v) is 2.15. The Kier molecular flexibility index (Phi) is 2.95. The normalized spacial score (nSPS) is 22.2. The maximum atomic E-state index is 12.0. The van der Waals surface area contributed by atoms with E-state index in [4.69, 9.17) is 0 Å². The van der Waals surface area contributed by atoms with Gasteiger partial charge in [-0.25, -0.2) is 4.79 Å². The largest absolute Gasteiger partial charge is 0.328 e. The lowest BCUT2D eigenvalue weighted by molar-refractivity contribution is 0.359. The zero-order chi connectivity index (χ0) is 10.8. The van der Waals surface area contributed by atoms with E-state index in [0.29, 0.717) is 6.04 Å². The zero-order valence-corrected chi connectivity index (χ0v) is 9.44. The SMILES string of the molecule is CC(C)n1ccn(C2CCCNC2)c1=O. The second-order valence-electron chi connectivity index (χ2n) is 4.49. The van der Waals surface area contributed by atoms with Crippen LogP contribution in [0.25, 0.3) is 0 Å². The lowest BCUT2D eigenvalue weighted by Crippen LogP contribution is -2.37. The Morgan fingerprint density at radius 2 is 2.27 bits per heavy atom. The van der Waals surface area contributed by atoms with E-state index < -0.39 is 0 Å². The van der Waals surface area contributed by atoms with Crippen molar-refractivity contribution in [2.75, 3.05) is 13.1 Å². The number of imidazole rings is 1. The number of nitrogens with zero attached hydrogens (tertiary/aromatic N) is 2. The average molecular weight is 209 g/mol. The third-order valence-electron chi connectivity index (χ3n) is 3.05. The second kappa shape index (κ2) is 4.23. The highest BCUT2D eigenvalue weighted by Gasteiger charge is 2.17. The molecule has 0 amide bonds. The molecule has 1 aromatic heterocycles. The minimum Gasteiger partial charge on any atom is -0.315 e. The van der Waals surface area contributed by atoms with E-state index in [9.17, 15) is 4.79 Å². The van der Waals surface area contributed by atoms with E-state index in [-0.39, 0.29) is 11.7 Å². The molecule has 1 atom stereocenters. The minimum atomic E-state index is 0.124. The molecular weight excluding hydrogens is 190 g/mol. The Labute approximate surface area is 89.9 Å². The molecule has 1 unspecified atom stereocenters. The number of nitrogens with one attached hydrogen (secondary N) is 1. The van der Waals surface area contributed by atoms with Crippen LogP contribution in [0.1, 0.15) is 38.8 Å². The molecule has 1 N–H and O–H groups in total. The molecule has 0 radical (unpaired) electrons. The molecule has 84 valence electrons. The predicted octanol–water partition coefficient (Wildman–Crippen LogP) is 1.16. The van der Waals surface area contributed by atoms with Gasteiger partial charge in [0.05, 0.1) is 6.04 Å². The monoisotopic (exact) mass is 209 g/mol. The molecule has 4 heteroatoms. The molecule has 0 spiro atoms. The average Bonchev–Trinajstić information content (AvgIpc) is 2.61. The highest BCUT2D eigenvalue weighted by Crippen LogP contribution is 2.14. The van der Waals surface area contributed by atoms with Crippen molar-refractivity contribution in [3.05, 3.63) is 22.9 Å². The Hall–Kier alpha value is -1.03. The molecule has 1 aromatic rings. The molecule has 4 nitrogen and oxygen atoms in total. The van der Waals surface area contributed by atoms with E-state index in [1.165, 1.54) is 0 Å². The summed E-state index contributed by atoms with van der Waals surface area (Å²) in [5.74, 6) is 0. The predicted molar refractivity (Wildman–Crippen MR) is 60.2 cm³/mol. The third-order valence-corrected chi connectivity index (χ3v) is 3.05. The van der Waals surface area contributed by atoms with Crippen molar-refractivity contribution < 1.29 is 0 Å². The fourth-order valence-electron chi connectivity index (χ4n) is 2.15. The number of piperidine rings is 1. The van der Waals surface area contributed by atoms with E-state index >= 15 is 0 Å². The number of hydrogen-bond donors (Lipinski definition) is 1. The molecule has 0 bridgehead atoms. The van der Waals surface area contributed by atoms with Gasteiger partial charge in [-0.1, -0.05) is 0 Å². The van der Waals surface area contributed by atoms with Gasteiger partial charge in [-0.3, -0.25) is 9.13 Å². The van der Waals surface area contributed by atoms with Gasteiger partial charge >= 0.3 is 5.69 Å². The maximum absolute atomic E-state index is 12.0. The number of hydrogen-bond acceptors (Lipinski definition) is 2. The smallest absolute Gasteiger partial charge is 0.315 e. The van der Waals surface area contributed by atoms with Gasteiger partial charge in [0.15, 0.2) is 0 Å². The Morgan fingerprint density at radius 1 is 1.47 bits per heavy atom. The van der Waals surface area contributed by atoms with Crippen LogP contribution in [0.5, 0.6) is 0 Å². The van der Waals surface area contributed by atoms with Gasteiger partial charge in [-0.2, -0.15) is 0 Å². The topological polar surface area (TPSA) is 39.0 Å². The number of rotatable bonds is 2. The van der Waals surface area contributed by atoms with Crippen molar-refractivity contribution in [3.63, 3.8) is 0 Å². The van der Waals surface area contributed by atoms with E-state index in [0.717, 1.165) is 25.9 Å². The first-order valence-electron chi connectivity index (χ1n) is 5.70. The standard InChI is InChI=1S/C11H19N3O/c1-9(2)13-6-7-14(11(13)15)10-4-3-5-12-8-10/h6-7,9-10,12H,3-5,8H2,1-2H3. The third kappa shape index (κ3) is 2.00. The zero-order valence-electron chi connectivity index (χ0n) is 9.44. The highest BCUT2D eigenvalue weighted by molar-refractivity contribution is 4.89. The molecule has 1 aliphatic heterocycles. The highest BCUT2D eigenvalue weighted by atomic mass is 16.1. The molecule has 2 rings (SSSR count). The first kappa shape index (κ1) is 10.5. The lowest BCUT2D eigenvalue weighted by Gasteiger charge is -2.23. The lowest BCUT2D eigenvalue weighted by atomic mass is 10.1. The van der Waals surface area contributed by atoms with Gasteiger partial charge in [0.2, 0.25) is 0 Å². The molecular formula is C11H19N3O. The molecule has 15 heavy (non-hydrogen) atoms. The number of aromatic nitrogens is 2. The van der Waals surface area contributed by atoms with E-state index in [1.807, 2.05) is 30.8 Å². The maximum Gasteiger partial charge on any atom is 0.328 e. The van der Waals surface area contributed by atoms with Crippen LogP contribution >= 0.6 is 0 Å². The molecule has 0 aromatic carbocycles. The molecule has 1 fully saturated rings. The van der Waals surface area contributed by atoms with Crippen molar-refractivity contribution in [1.29, 1.82) is 0 Å². The van der Waals surface area contributed by atoms with Gasteiger partial charge in [0.25, 0.3) is 0 Å². The summed E-state index contributed by atoms with van der Waals surface area (Å²) in [5.41, 5.74) is 0.124. The van der Waals surface area contributed by atoms with Crippen LogP contribution in [0.2, 0.25) is 0 Å². The summed E-state index contributed by atoms with van der Waals surface area (Å²) in [4.78, 5) is 12.0. The minimum absolute atomic E-state index is 0.124. The van der Waals surface area contributed by atoms with Gasteiger partial charge < -0.3 is 5.32 Å². The second-order valence-corrected chi connectivity index (χ2v) is 4.49. The van der Waals surface area contributed by atoms with Crippen LogP contribution in [-0.4, -0.2) is 22.2 Å². The van der Waals surface area contributed by atoms with Gasteiger partial charge in [0.1, 0.15) is 0 Å². The van der Waals surface area contributed by atoms with Crippen LogP contribution in [0, 0.1) is 0 Å². The van der Waals surface area contributed by atoms with E-state index in [2.05, 4.69) is 5.32 Å². The summed E-state index contributed by atoms with van der Waals surface area (Å²) in [6.07, 6.45) is 6.07. The Bertz CT molecular complexity index is 371. The fraction of sp³-hybridized carbons (Fsp3) is 0.727. The Balaban J connectivity index is 2.24. The van der Waals surface area contributed by atoms with Crippen molar-refractivity contribution in [2.45, 2.75) is 38.8 Å². The van der Waals surface area contributed by atoms with Crippen LogP contribution in [-0.2, 0) is 0 Å². The molecule has 0 saturated carbocycles. The van der Waals surface area contributed by atoms with Crippen molar-refractivity contribution >= 4 is 0 Å². The van der Waals surface area contributed by atoms with Gasteiger partial charge in [0, 0.05) is 25.0 Å². The first-order chi connectivity index (χ1) is 7.20. The van der Waals surface area contributed by atoms with Gasteiger partial charge in [-0.05, 0) is 33.2 Å². The Morgan fingerprint density at radius 3 is 2.80 bits per heavy atom. The first-order valence-corrected chi connectivity index (χ1v) is 5.70. The van der Waals surface area contributed by atoms with Crippen molar-refractivity contribution in [1.82, 2.24) is 14.5 Å².